The number of amides is 1. The molecule has 106 valence electrons. The molecule has 1 amide bonds. The Balaban J connectivity index is 2.20. The molecule has 0 radical (unpaired) electrons. The van der Waals surface area contributed by atoms with Gasteiger partial charge < -0.3 is 14.6 Å². The third-order valence-electron chi connectivity index (χ3n) is 3.80. The first kappa shape index (κ1) is 14.6. The fourth-order valence-corrected chi connectivity index (χ4v) is 2.88. The zero-order valence-electron chi connectivity index (χ0n) is 11.6. The van der Waals surface area contributed by atoms with Crippen LogP contribution in [0.2, 0.25) is 0 Å². The van der Waals surface area contributed by atoms with Gasteiger partial charge in [0.2, 0.25) is 0 Å². The lowest BCUT2D eigenvalue weighted by Gasteiger charge is -2.34. The largest absolute Gasteiger partial charge is 0.391 e. The Morgan fingerprint density at radius 2 is 2.21 bits per heavy atom. The lowest BCUT2D eigenvalue weighted by Crippen LogP contribution is -2.46. The fraction of sp³-hybridized carbons (Fsp3) is 0.643. The number of nitrogens with zero attached hydrogens (tertiary/aromatic N) is 2. The highest BCUT2D eigenvalue weighted by Crippen LogP contribution is 2.23. The van der Waals surface area contributed by atoms with Crippen LogP contribution >= 0.6 is 15.9 Å². The van der Waals surface area contributed by atoms with Gasteiger partial charge in [-0.1, -0.05) is 6.92 Å². The number of rotatable bonds is 2. The predicted octanol–water partition coefficient (Wildman–Crippen LogP) is 2.67. The Bertz CT molecular complexity index is 470. The number of aromatic nitrogens is 1. The van der Waals surface area contributed by atoms with Crippen LogP contribution in [0, 0.1) is 5.92 Å². The van der Waals surface area contributed by atoms with Crippen molar-refractivity contribution in [2.75, 3.05) is 13.1 Å². The number of hydrogen-bond donors (Lipinski definition) is 1. The third-order valence-corrected chi connectivity index (χ3v) is 4.23. The molecule has 0 saturated carbocycles. The van der Waals surface area contributed by atoms with Crippen molar-refractivity contribution in [1.82, 2.24) is 9.47 Å². The van der Waals surface area contributed by atoms with E-state index in [1.54, 1.807) is 4.90 Å². The molecule has 2 rings (SSSR count). The van der Waals surface area contributed by atoms with Gasteiger partial charge in [0.05, 0.1) is 6.10 Å². The van der Waals surface area contributed by atoms with Gasteiger partial charge in [-0.2, -0.15) is 0 Å². The van der Waals surface area contributed by atoms with Crippen molar-refractivity contribution in [3.8, 4) is 0 Å². The average Bonchev–Trinajstić information content (AvgIpc) is 2.74. The zero-order valence-corrected chi connectivity index (χ0v) is 13.2. The lowest BCUT2D eigenvalue weighted by atomic mass is 9.96. The molecule has 0 bridgehead atoms. The Labute approximate surface area is 122 Å². The number of piperidine rings is 1. The highest BCUT2D eigenvalue weighted by Gasteiger charge is 2.29. The summed E-state index contributed by atoms with van der Waals surface area (Å²) in [7, 11) is 0. The van der Waals surface area contributed by atoms with Crippen molar-refractivity contribution < 1.29 is 9.90 Å². The van der Waals surface area contributed by atoms with Crippen LogP contribution in [0.25, 0.3) is 0 Å². The van der Waals surface area contributed by atoms with Gasteiger partial charge in [0.25, 0.3) is 5.91 Å². The molecule has 4 nitrogen and oxygen atoms in total. The first-order chi connectivity index (χ1) is 8.90. The maximum atomic E-state index is 12.6. The fourth-order valence-electron chi connectivity index (χ4n) is 2.44. The SMILES string of the molecule is CC1CCN(C(=O)c2cc(Br)cn2C(C)C)CC1O. The van der Waals surface area contributed by atoms with E-state index in [1.165, 1.54) is 0 Å². The molecule has 1 N–H and O–H groups in total. The number of likely N-dealkylation sites (tertiary alicyclic amines) is 1. The van der Waals surface area contributed by atoms with Gasteiger partial charge in [-0.25, -0.2) is 0 Å². The molecule has 0 spiro atoms. The van der Waals surface area contributed by atoms with Crippen LogP contribution in [0.15, 0.2) is 16.7 Å². The van der Waals surface area contributed by atoms with Crippen LogP contribution in [0.5, 0.6) is 0 Å². The number of β-amino-alcohol motifs (C(OH)–C–C–N with tert-alkyl or cyclic N) is 1. The Morgan fingerprint density at radius 3 is 2.79 bits per heavy atom. The van der Waals surface area contributed by atoms with E-state index < -0.39 is 6.10 Å². The van der Waals surface area contributed by atoms with Gasteiger partial charge in [0.15, 0.2) is 0 Å². The smallest absolute Gasteiger partial charge is 0.270 e. The summed E-state index contributed by atoms with van der Waals surface area (Å²) in [5.41, 5.74) is 0.684. The molecule has 2 heterocycles. The minimum atomic E-state index is -0.413. The number of carbonyl (C=O) groups excluding carboxylic acids is 1. The Morgan fingerprint density at radius 1 is 1.53 bits per heavy atom. The molecule has 1 aromatic heterocycles. The molecule has 2 unspecified atom stereocenters. The summed E-state index contributed by atoms with van der Waals surface area (Å²) in [6, 6.07) is 2.09. The minimum Gasteiger partial charge on any atom is -0.391 e. The molecular weight excluding hydrogens is 308 g/mol. The number of halogens is 1. The van der Waals surface area contributed by atoms with Crippen molar-refractivity contribution in [3.05, 3.63) is 22.4 Å². The molecule has 1 aliphatic rings. The Kier molecular flexibility index (Phi) is 4.36. The van der Waals surface area contributed by atoms with Crippen molar-refractivity contribution >= 4 is 21.8 Å². The first-order valence-electron chi connectivity index (χ1n) is 6.75. The number of hydrogen-bond acceptors (Lipinski definition) is 2. The molecule has 19 heavy (non-hydrogen) atoms. The number of aliphatic hydroxyl groups excluding tert-OH is 1. The predicted molar refractivity (Wildman–Crippen MR) is 78.2 cm³/mol. The van der Waals surface area contributed by atoms with E-state index in [2.05, 4.69) is 29.8 Å². The van der Waals surface area contributed by atoms with Crippen LogP contribution in [0.1, 0.15) is 43.7 Å². The summed E-state index contributed by atoms with van der Waals surface area (Å²) in [6.07, 6.45) is 2.38. The van der Waals surface area contributed by atoms with Gasteiger partial charge in [-0.15, -0.1) is 0 Å². The van der Waals surface area contributed by atoms with Gasteiger partial charge in [0, 0.05) is 29.8 Å². The van der Waals surface area contributed by atoms with Gasteiger partial charge in [-0.3, -0.25) is 4.79 Å². The van der Waals surface area contributed by atoms with Crippen molar-refractivity contribution in [3.63, 3.8) is 0 Å². The maximum absolute atomic E-state index is 12.6. The van der Waals surface area contributed by atoms with E-state index in [0.29, 0.717) is 12.2 Å². The van der Waals surface area contributed by atoms with Crippen molar-refractivity contribution in [2.45, 2.75) is 39.3 Å². The normalized spacial score (nSPS) is 24.0. The van der Waals surface area contributed by atoms with Crippen LogP contribution in [-0.2, 0) is 0 Å². The monoisotopic (exact) mass is 328 g/mol. The molecule has 1 saturated heterocycles. The summed E-state index contributed by atoms with van der Waals surface area (Å²) in [5.74, 6) is 0.276. The Hall–Kier alpha value is -0.810. The summed E-state index contributed by atoms with van der Waals surface area (Å²) >= 11 is 3.42. The highest BCUT2D eigenvalue weighted by molar-refractivity contribution is 9.10. The topological polar surface area (TPSA) is 45.5 Å². The first-order valence-corrected chi connectivity index (χ1v) is 7.54. The molecular formula is C14H21BrN2O2. The van der Waals surface area contributed by atoms with Gasteiger partial charge in [-0.05, 0) is 48.2 Å². The molecule has 1 aromatic rings. The second-order valence-electron chi connectivity index (χ2n) is 5.63. The quantitative estimate of drug-likeness (QED) is 0.907. The second kappa shape index (κ2) is 5.67. The van der Waals surface area contributed by atoms with Crippen molar-refractivity contribution in [1.29, 1.82) is 0 Å². The van der Waals surface area contributed by atoms with E-state index in [-0.39, 0.29) is 17.9 Å². The molecule has 1 aliphatic heterocycles. The van der Waals surface area contributed by atoms with Crippen LogP contribution in [0.3, 0.4) is 0 Å². The zero-order chi connectivity index (χ0) is 14.2. The van der Waals surface area contributed by atoms with Gasteiger partial charge in [0.1, 0.15) is 5.69 Å². The third kappa shape index (κ3) is 3.03. The standard InChI is InChI=1S/C14H21BrN2O2/c1-9(2)17-7-11(15)6-12(17)14(19)16-5-4-10(3)13(18)8-16/h6-7,9-10,13,18H,4-5,8H2,1-3H3. The van der Waals surface area contributed by atoms with E-state index in [9.17, 15) is 9.90 Å². The van der Waals surface area contributed by atoms with Crippen LogP contribution < -0.4 is 0 Å². The van der Waals surface area contributed by atoms with Crippen LogP contribution in [0.4, 0.5) is 0 Å². The molecule has 2 atom stereocenters. The summed E-state index contributed by atoms with van der Waals surface area (Å²) in [5, 5.41) is 9.92. The summed E-state index contributed by atoms with van der Waals surface area (Å²) in [6.45, 7) is 7.28. The minimum absolute atomic E-state index is 0.00495. The lowest BCUT2D eigenvalue weighted by molar-refractivity contribution is 0.0241. The summed E-state index contributed by atoms with van der Waals surface area (Å²) in [4.78, 5) is 14.3. The van der Waals surface area contributed by atoms with Gasteiger partial charge >= 0.3 is 0 Å². The van der Waals surface area contributed by atoms with E-state index in [0.717, 1.165) is 17.4 Å². The number of carbonyl (C=O) groups is 1. The average molecular weight is 329 g/mol. The second-order valence-corrected chi connectivity index (χ2v) is 6.54. The van der Waals surface area contributed by atoms with E-state index in [4.69, 9.17) is 0 Å². The number of aliphatic hydroxyl groups is 1. The van der Waals surface area contributed by atoms with Crippen molar-refractivity contribution in [2.24, 2.45) is 5.92 Å². The van der Waals surface area contributed by atoms with E-state index in [1.807, 2.05) is 23.8 Å². The summed E-state index contributed by atoms with van der Waals surface area (Å²) < 4.78 is 2.88. The molecule has 1 fully saturated rings. The van der Waals surface area contributed by atoms with E-state index >= 15 is 0 Å². The highest BCUT2D eigenvalue weighted by atomic mass is 79.9. The molecule has 0 aliphatic carbocycles. The molecule has 5 heteroatoms. The molecule has 0 aromatic carbocycles. The van der Waals surface area contributed by atoms with Crippen LogP contribution in [-0.4, -0.2) is 39.7 Å². The maximum Gasteiger partial charge on any atom is 0.270 e.